The van der Waals surface area contributed by atoms with Gasteiger partial charge in [-0.3, -0.25) is 9.59 Å². The van der Waals surface area contributed by atoms with Crippen molar-refractivity contribution in [1.82, 2.24) is 15.4 Å². The zero-order chi connectivity index (χ0) is 11.7. The van der Waals surface area contributed by atoms with Crippen LogP contribution in [0.4, 0.5) is 0 Å². The van der Waals surface area contributed by atoms with E-state index in [1.54, 1.807) is 12.1 Å². The number of ether oxygens (including phenoxy) is 1. The van der Waals surface area contributed by atoms with Crippen LogP contribution in [-0.2, 0) is 4.79 Å². The van der Waals surface area contributed by atoms with Crippen molar-refractivity contribution in [3.05, 3.63) is 17.7 Å². The molecule has 1 N–H and O–H groups in total. The van der Waals surface area contributed by atoms with Crippen LogP contribution in [0.2, 0.25) is 0 Å². The molecule has 0 aliphatic carbocycles. The molecule has 82 valence electrons. The Morgan fingerprint density at radius 3 is 2.62 bits per heavy atom. The fourth-order valence-corrected chi connectivity index (χ4v) is 1.41. The summed E-state index contributed by atoms with van der Waals surface area (Å²) in [6.07, 6.45) is 0. The minimum Gasteiger partial charge on any atom is -0.423 e. The third-order valence-corrected chi connectivity index (χ3v) is 2.07. The third kappa shape index (κ3) is 1.65. The molecular weight excluding hydrogens is 210 g/mol. The summed E-state index contributed by atoms with van der Waals surface area (Å²) in [5.74, 6) is -0.537. The largest absolute Gasteiger partial charge is 0.423 e. The van der Waals surface area contributed by atoms with Crippen LogP contribution >= 0.6 is 0 Å². The van der Waals surface area contributed by atoms with E-state index in [1.165, 1.54) is 13.8 Å². The topological polar surface area (TPSA) is 84.9 Å². The predicted octanol–water partition coefficient (Wildman–Crippen LogP) is 1.09. The Morgan fingerprint density at radius 1 is 1.25 bits per heavy atom. The second-order valence-corrected chi connectivity index (χ2v) is 3.28. The molecule has 1 aromatic heterocycles. The minimum absolute atomic E-state index is 0.159. The zero-order valence-corrected chi connectivity index (χ0v) is 8.77. The summed E-state index contributed by atoms with van der Waals surface area (Å²) < 4.78 is 5.00. The van der Waals surface area contributed by atoms with Crippen molar-refractivity contribution >= 4 is 22.8 Å². The van der Waals surface area contributed by atoms with Crippen molar-refractivity contribution in [3.8, 4) is 5.75 Å². The molecule has 0 radical (unpaired) electrons. The summed E-state index contributed by atoms with van der Waals surface area (Å²) in [5, 5.41) is 10.1. The molecule has 0 unspecified atom stereocenters. The van der Waals surface area contributed by atoms with Gasteiger partial charge in [-0.1, -0.05) is 0 Å². The van der Waals surface area contributed by atoms with E-state index in [0.29, 0.717) is 16.6 Å². The van der Waals surface area contributed by atoms with Gasteiger partial charge in [-0.05, 0) is 19.1 Å². The van der Waals surface area contributed by atoms with Gasteiger partial charge >= 0.3 is 5.97 Å². The molecule has 0 aliphatic heterocycles. The van der Waals surface area contributed by atoms with Gasteiger partial charge in [0.2, 0.25) is 0 Å². The van der Waals surface area contributed by atoms with Gasteiger partial charge < -0.3 is 4.74 Å². The maximum Gasteiger partial charge on any atom is 0.308 e. The van der Waals surface area contributed by atoms with Crippen LogP contribution in [-0.4, -0.2) is 27.2 Å². The number of Topliss-reactive ketones (excluding diaryl/α,β-unsaturated/α-hetero) is 1. The number of H-pyrrole nitrogens is 1. The van der Waals surface area contributed by atoms with Gasteiger partial charge in [0, 0.05) is 6.92 Å². The Kier molecular flexibility index (Phi) is 2.40. The van der Waals surface area contributed by atoms with E-state index in [2.05, 4.69) is 15.4 Å². The van der Waals surface area contributed by atoms with Crippen LogP contribution in [0.15, 0.2) is 12.1 Å². The molecule has 0 aliphatic rings. The monoisotopic (exact) mass is 219 g/mol. The Balaban J connectivity index is 2.70. The Bertz CT molecular complexity index is 574. The van der Waals surface area contributed by atoms with E-state index in [9.17, 15) is 9.59 Å². The molecule has 6 nitrogen and oxygen atoms in total. The van der Waals surface area contributed by atoms with Crippen LogP contribution in [0.5, 0.6) is 5.75 Å². The van der Waals surface area contributed by atoms with Gasteiger partial charge in [-0.2, -0.15) is 15.4 Å². The number of carbonyl (C=O) groups is 2. The molecule has 0 saturated carbocycles. The molecule has 2 rings (SSSR count). The fraction of sp³-hybridized carbons (Fsp3) is 0.200. The molecule has 0 fully saturated rings. The highest BCUT2D eigenvalue weighted by Crippen LogP contribution is 2.27. The number of hydrogen-bond donors (Lipinski definition) is 1. The van der Waals surface area contributed by atoms with E-state index in [0.717, 1.165) is 0 Å². The van der Waals surface area contributed by atoms with E-state index < -0.39 is 5.97 Å². The lowest BCUT2D eigenvalue weighted by Gasteiger charge is -2.05. The number of carbonyl (C=O) groups excluding carboxylic acids is 2. The van der Waals surface area contributed by atoms with Crippen molar-refractivity contribution in [3.63, 3.8) is 0 Å². The van der Waals surface area contributed by atoms with E-state index in [-0.39, 0.29) is 11.5 Å². The highest BCUT2D eigenvalue weighted by atomic mass is 16.5. The number of aromatic nitrogens is 3. The molecule has 0 bridgehead atoms. The second kappa shape index (κ2) is 3.73. The van der Waals surface area contributed by atoms with E-state index in [4.69, 9.17) is 4.74 Å². The maximum atomic E-state index is 11.4. The Morgan fingerprint density at radius 2 is 2.00 bits per heavy atom. The molecule has 0 saturated heterocycles. The quantitative estimate of drug-likeness (QED) is 0.464. The average molecular weight is 219 g/mol. The summed E-state index contributed by atoms with van der Waals surface area (Å²) >= 11 is 0. The first-order valence-corrected chi connectivity index (χ1v) is 4.62. The minimum atomic E-state index is -0.502. The molecular formula is C10H9N3O3. The summed E-state index contributed by atoms with van der Waals surface area (Å²) in [4.78, 5) is 22.3. The predicted molar refractivity (Wildman–Crippen MR) is 55.2 cm³/mol. The normalized spacial score (nSPS) is 10.4. The van der Waals surface area contributed by atoms with Gasteiger partial charge in [0.1, 0.15) is 5.52 Å². The Hall–Kier alpha value is -2.24. The van der Waals surface area contributed by atoms with Crippen LogP contribution in [0.3, 0.4) is 0 Å². The molecule has 0 spiro atoms. The highest BCUT2D eigenvalue weighted by Gasteiger charge is 2.16. The van der Waals surface area contributed by atoms with Crippen molar-refractivity contribution in [1.29, 1.82) is 0 Å². The zero-order valence-electron chi connectivity index (χ0n) is 8.77. The van der Waals surface area contributed by atoms with Crippen molar-refractivity contribution < 1.29 is 14.3 Å². The first kappa shape index (κ1) is 10.3. The van der Waals surface area contributed by atoms with Crippen LogP contribution in [0.1, 0.15) is 24.2 Å². The van der Waals surface area contributed by atoms with Gasteiger partial charge in [0.25, 0.3) is 0 Å². The maximum absolute atomic E-state index is 11.4. The molecule has 0 atom stereocenters. The number of esters is 1. The average Bonchev–Trinajstić information content (AvgIpc) is 2.64. The van der Waals surface area contributed by atoms with Gasteiger partial charge in [-0.15, -0.1) is 0 Å². The molecule has 0 amide bonds. The first-order chi connectivity index (χ1) is 7.59. The fourth-order valence-electron chi connectivity index (χ4n) is 1.41. The number of fused-ring (bicyclic) bond motifs is 1. The number of benzene rings is 1. The van der Waals surface area contributed by atoms with Crippen LogP contribution in [0.25, 0.3) is 11.0 Å². The van der Waals surface area contributed by atoms with Gasteiger partial charge in [-0.25, -0.2) is 0 Å². The van der Waals surface area contributed by atoms with Gasteiger partial charge in [0.15, 0.2) is 17.0 Å². The van der Waals surface area contributed by atoms with E-state index >= 15 is 0 Å². The Labute approximate surface area is 90.6 Å². The van der Waals surface area contributed by atoms with Crippen molar-refractivity contribution in [2.24, 2.45) is 0 Å². The molecule has 16 heavy (non-hydrogen) atoms. The summed E-state index contributed by atoms with van der Waals surface area (Å²) in [6, 6.07) is 3.20. The van der Waals surface area contributed by atoms with E-state index in [1.807, 2.05) is 0 Å². The lowest BCUT2D eigenvalue weighted by atomic mass is 10.1. The lowest BCUT2D eigenvalue weighted by Crippen LogP contribution is -2.06. The summed E-state index contributed by atoms with van der Waals surface area (Å²) in [6.45, 7) is 2.66. The molecule has 2 aromatic rings. The number of nitrogens with one attached hydrogen (secondary N) is 1. The van der Waals surface area contributed by atoms with Crippen molar-refractivity contribution in [2.75, 3.05) is 0 Å². The smallest absolute Gasteiger partial charge is 0.308 e. The second-order valence-electron chi connectivity index (χ2n) is 3.28. The van der Waals surface area contributed by atoms with Gasteiger partial charge in [0.05, 0.1) is 5.56 Å². The highest BCUT2D eigenvalue weighted by molar-refractivity contribution is 6.02. The summed E-state index contributed by atoms with van der Waals surface area (Å²) in [7, 11) is 0. The lowest BCUT2D eigenvalue weighted by molar-refractivity contribution is -0.131. The SMILES string of the molecule is CC(=O)Oc1c(C(C)=O)ccc2n[nH]nc12. The summed E-state index contributed by atoms with van der Waals surface area (Å²) in [5.41, 5.74) is 1.24. The number of aromatic amines is 1. The van der Waals surface area contributed by atoms with Crippen molar-refractivity contribution in [2.45, 2.75) is 13.8 Å². The van der Waals surface area contributed by atoms with Crippen LogP contribution < -0.4 is 4.74 Å². The molecule has 6 heteroatoms. The first-order valence-electron chi connectivity index (χ1n) is 4.62. The number of rotatable bonds is 2. The standard InChI is InChI=1S/C10H9N3O3/c1-5(14)7-3-4-8-9(12-13-11-8)10(7)16-6(2)15/h3-4H,1-2H3,(H,11,12,13). The number of ketones is 1. The third-order valence-electron chi connectivity index (χ3n) is 2.07. The molecule has 1 heterocycles. The number of hydrogen-bond acceptors (Lipinski definition) is 5. The number of nitrogens with zero attached hydrogens (tertiary/aromatic N) is 2. The molecule has 1 aromatic carbocycles. The van der Waals surface area contributed by atoms with Crippen LogP contribution in [0, 0.1) is 0 Å².